The van der Waals surface area contributed by atoms with Crippen molar-refractivity contribution in [3.05, 3.63) is 32.8 Å². The smallest absolute Gasteiger partial charge is 0.214 e. The van der Waals surface area contributed by atoms with Gasteiger partial charge in [-0.3, -0.25) is 5.10 Å². The number of hydrogen-bond donors (Lipinski definition) is 2. The summed E-state index contributed by atoms with van der Waals surface area (Å²) in [5, 5.41) is 6.82. The van der Waals surface area contributed by atoms with Gasteiger partial charge >= 0.3 is 0 Å². The lowest BCUT2D eigenvalue weighted by molar-refractivity contribution is 0.223. The van der Waals surface area contributed by atoms with Gasteiger partial charge in [0.05, 0.1) is 19.3 Å². The summed E-state index contributed by atoms with van der Waals surface area (Å²) in [7, 11) is 0. The number of nitrogens with zero attached hydrogens (tertiary/aromatic N) is 2. The van der Waals surface area contributed by atoms with E-state index in [1.54, 1.807) is 4.68 Å². The van der Waals surface area contributed by atoms with Crippen LogP contribution in [0.2, 0.25) is 0 Å². The Morgan fingerprint density at radius 1 is 1.39 bits per heavy atom. The molecule has 8 heteroatoms. The molecule has 0 amide bonds. The number of ether oxygens (including phenoxy) is 2. The van der Waals surface area contributed by atoms with E-state index in [9.17, 15) is 0 Å². The minimum Gasteiger partial charge on any atom is -0.490 e. The molecular formula is C15H21BrN4O2S. The van der Waals surface area contributed by atoms with Gasteiger partial charge in [0.15, 0.2) is 11.5 Å². The van der Waals surface area contributed by atoms with Crippen LogP contribution in [-0.2, 0) is 6.54 Å². The molecule has 0 spiro atoms. The number of aryl methyl sites for hydroxylation is 1. The first-order valence-electron chi connectivity index (χ1n) is 7.42. The molecule has 2 N–H and O–H groups in total. The molecule has 1 aromatic carbocycles. The summed E-state index contributed by atoms with van der Waals surface area (Å²) in [5.74, 6) is 2.23. The van der Waals surface area contributed by atoms with Crippen LogP contribution >= 0.6 is 28.1 Å². The van der Waals surface area contributed by atoms with Gasteiger partial charge in [0.25, 0.3) is 0 Å². The number of halogens is 1. The number of nitrogens with one attached hydrogen (secondary N) is 2. The lowest BCUT2D eigenvalue weighted by Crippen LogP contribution is -2.16. The fourth-order valence-corrected chi connectivity index (χ4v) is 2.76. The SMILES string of the molecule is CCOc1cc(CNn2c(C)n[nH]c2=S)c(Br)cc1OC(C)C. The van der Waals surface area contributed by atoms with Crippen molar-refractivity contribution in [3.8, 4) is 11.5 Å². The van der Waals surface area contributed by atoms with Crippen molar-refractivity contribution in [2.45, 2.75) is 40.3 Å². The molecule has 2 rings (SSSR count). The Hall–Kier alpha value is -1.54. The van der Waals surface area contributed by atoms with Crippen molar-refractivity contribution >= 4 is 28.1 Å². The van der Waals surface area contributed by atoms with Gasteiger partial charge in [-0.1, -0.05) is 15.9 Å². The first kappa shape index (κ1) is 17.8. The Bertz CT molecular complexity index is 727. The molecule has 0 aliphatic heterocycles. The molecule has 23 heavy (non-hydrogen) atoms. The lowest BCUT2D eigenvalue weighted by atomic mass is 10.2. The minimum absolute atomic E-state index is 0.0805. The first-order valence-corrected chi connectivity index (χ1v) is 8.62. The highest BCUT2D eigenvalue weighted by molar-refractivity contribution is 9.10. The van der Waals surface area contributed by atoms with Gasteiger partial charge < -0.3 is 14.9 Å². The van der Waals surface area contributed by atoms with Crippen molar-refractivity contribution < 1.29 is 9.47 Å². The molecule has 1 heterocycles. The molecule has 0 saturated carbocycles. The summed E-state index contributed by atoms with van der Waals surface area (Å²) < 4.78 is 14.7. The quantitative estimate of drug-likeness (QED) is 0.688. The van der Waals surface area contributed by atoms with E-state index in [1.165, 1.54) is 0 Å². The summed E-state index contributed by atoms with van der Waals surface area (Å²) in [6, 6.07) is 3.90. The van der Waals surface area contributed by atoms with Crippen molar-refractivity contribution in [1.82, 2.24) is 14.9 Å². The van der Waals surface area contributed by atoms with Gasteiger partial charge in [-0.05, 0) is 57.6 Å². The predicted molar refractivity (Wildman–Crippen MR) is 96.3 cm³/mol. The van der Waals surface area contributed by atoms with Crippen LogP contribution in [0, 0.1) is 11.7 Å². The Morgan fingerprint density at radius 2 is 2.13 bits per heavy atom. The molecule has 1 aromatic heterocycles. The molecular weight excluding hydrogens is 380 g/mol. The molecule has 0 aliphatic carbocycles. The first-order chi connectivity index (χ1) is 10.9. The Balaban J connectivity index is 2.24. The highest BCUT2D eigenvalue weighted by atomic mass is 79.9. The average Bonchev–Trinajstić information content (AvgIpc) is 2.79. The van der Waals surface area contributed by atoms with Crippen molar-refractivity contribution in [2.24, 2.45) is 0 Å². The van der Waals surface area contributed by atoms with Gasteiger partial charge in [-0.2, -0.15) is 5.10 Å². The molecule has 0 fully saturated rings. The van der Waals surface area contributed by atoms with Gasteiger partial charge in [0.1, 0.15) is 5.82 Å². The Kier molecular flexibility index (Phi) is 6.06. The average molecular weight is 401 g/mol. The maximum absolute atomic E-state index is 5.81. The van der Waals surface area contributed by atoms with Crippen molar-refractivity contribution in [2.75, 3.05) is 12.0 Å². The summed E-state index contributed by atoms with van der Waals surface area (Å²) in [5.41, 5.74) is 4.27. The second-order valence-electron chi connectivity index (χ2n) is 5.24. The van der Waals surface area contributed by atoms with E-state index in [1.807, 2.05) is 39.8 Å². The maximum Gasteiger partial charge on any atom is 0.214 e. The van der Waals surface area contributed by atoms with Gasteiger partial charge in [0.2, 0.25) is 4.77 Å². The fourth-order valence-electron chi connectivity index (χ4n) is 2.05. The molecule has 126 valence electrons. The maximum atomic E-state index is 5.81. The van der Waals surface area contributed by atoms with E-state index in [0.29, 0.717) is 17.9 Å². The molecule has 0 saturated heterocycles. The highest BCUT2D eigenvalue weighted by Crippen LogP contribution is 2.34. The van der Waals surface area contributed by atoms with Gasteiger partial charge in [0, 0.05) is 4.47 Å². The van der Waals surface area contributed by atoms with Crippen LogP contribution in [0.4, 0.5) is 0 Å². The molecule has 0 unspecified atom stereocenters. The minimum atomic E-state index is 0.0805. The summed E-state index contributed by atoms with van der Waals surface area (Å²) in [6.45, 7) is 8.95. The zero-order valence-corrected chi connectivity index (χ0v) is 16.0. The largest absolute Gasteiger partial charge is 0.490 e. The number of aromatic amines is 1. The monoisotopic (exact) mass is 400 g/mol. The molecule has 6 nitrogen and oxygen atoms in total. The second kappa shape index (κ2) is 7.83. The van der Waals surface area contributed by atoms with Gasteiger partial charge in [-0.15, -0.1) is 0 Å². The van der Waals surface area contributed by atoms with Crippen LogP contribution < -0.4 is 14.9 Å². The van der Waals surface area contributed by atoms with Gasteiger partial charge in [-0.25, -0.2) is 4.68 Å². The van der Waals surface area contributed by atoms with Crippen molar-refractivity contribution in [3.63, 3.8) is 0 Å². The third-order valence-corrected chi connectivity index (χ3v) is 4.06. The van der Waals surface area contributed by atoms with Crippen molar-refractivity contribution in [1.29, 1.82) is 0 Å². The van der Waals surface area contributed by atoms with E-state index in [4.69, 9.17) is 21.7 Å². The zero-order valence-electron chi connectivity index (χ0n) is 13.6. The molecule has 0 aliphatic rings. The van der Waals surface area contributed by atoms with Crippen LogP contribution in [0.15, 0.2) is 16.6 Å². The third kappa shape index (κ3) is 4.48. The lowest BCUT2D eigenvalue weighted by Gasteiger charge is -2.17. The molecule has 0 bridgehead atoms. The topological polar surface area (TPSA) is 64.1 Å². The highest BCUT2D eigenvalue weighted by Gasteiger charge is 2.12. The number of aromatic nitrogens is 3. The van der Waals surface area contributed by atoms with Crippen LogP contribution in [0.25, 0.3) is 0 Å². The van der Waals surface area contributed by atoms with E-state index < -0.39 is 0 Å². The fraction of sp³-hybridized carbons (Fsp3) is 0.467. The third-order valence-electron chi connectivity index (χ3n) is 3.04. The number of rotatable bonds is 7. The number of benzene rings is 1. The summed E-state index contributed by atoms with van der Waals surface area (Å²) >= 11 is 8.77. The normalized spacial score (nSPS) is 10.9. The van der Waals surface area contributed by atoms with Crippen LogP contribution in [0.5, 0.6) is 11.5 Å². The summed E-state index contributed by atoms with van der Waals surface area (Å²) in [4.78, 5) is 0. The van der Waals surface area contributed by atoms with E-state index in [2.05, 4.69) is 31.6 Å². The van der Waals surface area contributed by atoms with Crippen LogP contribution in [0.1, 0.15) is 32.2 Å². The Morgan fingerprint density at radius 3 is 2.70 bits per heavy atom. The zero-order chi connectivity index (χ0) is 17.0. The van der Waals surface area contributed by atoms with E-state index >= 15 is 0 Å². The number of H-pyrrole nitrogens is 1. The molecule has 2 aromatic rings. The molecule has 0 atom stereocenters. The Labute approximate surface area is 149 Å². The van der Waals surface area contributed by atoms with E-state index in [-0.39, 0.29) is 6.10 Å². The van der Waals surface area contributed by atoms with Crippen LogP contribution in [0.3, 0.4) is 0 Å². The van der Waals surface area contributed by atoms with Crippen LogP contribution in [-0.4, -0.2) is 27.6 Å². The number of hydrogen-bond acceptors (Lipinski definition) is 5. The predicted octanol–water partition coefficient (Wildman–Crippen LogP) is 3.94. The van der Waals surface area contributed by atoms with E-state index in [0.717, 1.165) is 27.4 Å². The standard InChI is InChI=1S/C15H21BrN4O2S/c1-5-21-13-6-11(12(16)7-14(13)22-9(2)3)8-17-20-10(4)18-19-15(20)23/h6-7,9,17H,5,8H2,1-4H3,(H,19,23). The molecule has 0 radical (unpaired) electrons. The second-order valence-corrected chi connectivity index (χ2v) is 6.48. The summed E-state index contributed by atoms with van der Waals surface area (Å²) in [6.07, 6.45) is 0.0805.